The van der Waals surface area contributed by atoms with E-state index in [4.69, 9.17) is 4.74 Å². The number of urea groups is 1. The number of nitrogens with one attached hydrogen (secondary N) is 1. The van der Waals surface area contributed by atoms with E-state index in [2.05, 4.69) is 17.1 Å². The van der Waals surface area contributed by atoms with Gasteiger partial charge in [0.25, 0.3) is 0 Å². The Balaban J connectivity index is 1.67. The maximum absolute atomic E-state index is 13.4. The van der Waals surface area contributed by atoms with Gasteiger partial charge in [-0.3, -0.25) is 9.69 Å². The molecule has 7 nitrogen and oxygen atoms in total. The lowest BCUT2D eigenvalue weighted by atomic mass is 10.2. The number of unbranched alkanes of at least 4 members (excludes halogenated alkanes) is 1. The maximum Gasteiger partial charge on any atom is 0.317 e. The standard InChI is InChI=1S/C25H36N4O3S/c1-2-3-11-26-25(31)28(13-12-27-14-16-32-17-15-27)21-24(30)29(20-23-10-7-18-33-23)19-22-8-5-4-6-9-22/h4-10,18H,2-3,11-17,19-21H2,1H3,(H,26,31). The summed E-state index contributed by atoms with van der Waals surface area (Å²) in [6.45, 7) is 8.25. The van der Waals surface area contributed by atoms with E-state index < -0.39 is 0 Å². The number of carbonyl (C=O) groups excluding carboxylic acids is 2. The highest BCUT2D eigenvalue weighted by atomic mass is 32.1. The number of hydrogen-bond acceptors (Lipinski definition) is 5. The fourth-order valence-corrected chi connectivity index (χ4v) is 4.43. The van der Waals surface area contributed by atoms with Crippen molar-refractivity contribution in [3.63, 3.8) is 0 Å². The van der Waals surface area contributed by atoms with E-state index in [0.29, 0.717) is 39.4 Å². The third-order valence-corrected chi connectivity index (χ3v) is 6.57. The average Bonchev–Trinajstić information content (AvgIpc) is 3.36. The van der Waals surface area contributed by atoms with Gasteiger partial charge in [0.2, 0.25) is 5.91 Å². The van der Waals surface area contributed by atoms with Gasteiger partial charge in [-0.1, -0.05) is 49.7 Å². The van der Waals surface area contributed by atoms with Crippen molar-refractivity contribution >= 4 is 23.3 Å². The van der Waals surface area contributed by atoms with E-state index in [-0.39, 0.29) is 18.5 Å². The molecule has 1 fully saturated rings. The highest BCUT2D eigenvalue weighted by Crippen LogP contribution is 2.15. The normalized spacial score (nSPS) is 14.1. The van der Waals surface area contributed by atoms with E-state index in [1.807, 2.05) is 52.7 Å². The molecule has 2 heterocycles. The summed E-state index contributed by atoms with van der Waals surface area (Å²) in [5.41, 5.74) is 1.08. The summed E-state index contributed by atoms with van der Waals surface area (Å²) >= 11 is 1.64. The predicted octanol–water partition coefficient (Wildman–Crippen LogP) is 3.42. The zero-order valence-corrected chi connectivity index (χ0v) is 20.4. The minimum absolute atomic E-state index is 0.0418. The summed E-state index contributed by atoms with van der Waals surface area (Å²) in [5.74, 6) is -0.0418. The van der Waals surface area contributed by atoms with Crippen LogP contribution in [0.2, 0.25) is 0 Å². The van der Waals surface area contributed by atoms with Crippen LogP contribution in [-0.2, 0) is 22.6 Å². The molecule has 33 heavy (non-hydrogen) atoms. The fraction of sp³-hybridized carbons (Fsp3) is 0.520. The van der Waals surface area contributed by atoms with Crippen LogP contribution in [-0.4, -0.2) is 79.1 Å². The van der Waals surface area contributed by atoms with Crippen LogP contribution in [0.1, 0.15) is 30.2 Å². The molecule has 3 rings (SSSR count). The first-order chi connectivity index (χ1) is 16.2. The van der Waals surface area contributed by atoms with Gasteiger partial charge in [0.05, 0.1) is 19.8 Å². The van der Waals surface area contributed by atoms with Crippen LogP contribution in [0.3, 0.4) is 0 Å². The molecule has 0 atom stereocenters. The minimum Gasteiger partial charge on any atom is -0.379 e. The maximum atomic E-state index is 13.4. The monoisotopic (exact) mass is 472 g/mol. The molecule has 0 unspecified atom stereocenters. The van der Waals surface area contributed by atoms with E-state index in [1.165, 1.54) is 0 Å². The van der Waals surface area contributed by atoms with Crippen LogP contribution in [0.5, 0.6) is 0 Å². The molecule has 0 radical (unpaired) electrons. The van der Waals surface area contributed by atoms with Gasteiger partial charge in [-0.2, -0.15) is 0 Å². The second-order valence-corrected chi connectivity index (χ2v) is 9.31. The molecule has 1 aromatic heterocycles. The molecule has 2 aromatic rings. The number of morpholine rings is 1. The number of amides is 3. The van der Waals surface area contributed by atoms with Gasteiger partial charge in [-0.25, -0.2) is 4.79 Å². The molecule has 1 aliphatic heterocycles. The molecular weight excluding hydrogens is 436 g/mol. The molecule has 0 spiro atoms. The van der Waals surface area contributed by atoms with Crippen LogP contribution in [0.25, 0.3) is 0 Å². The van der Waals surface area contributed by atoms with Crippen LogP contribution >= 0.6 is 11.3 Å². The molecule has 8 heteroatoms. The van der Waals surface area contributed by atoms with Gasteiger partial charge >= 0.3 is 6.03 Å². The summed E-state index contributed by atoms with van der Waals surface area (Å²) in [5, 5.41) is 5.01. The molecule has 1 N–H and O–H groups in total. The van der Waals surface area contributed by atoms with E-state index in [1.54, 1.807) is 16.2 Å². The summed E-state index contributed by atoms with van der Waals surface area (Å²) < 4.78 is 5.43. The number of benzene rings is 1. The average molecular weight is 473 g/mol. The molecule has 180 valence electrons. The van der Waals surface area contributed by atoms with Crippen molar-refractivity contribution in [1.29, 1.82) is 0 Å². The lowest BCUT2D eigenvalue weighted by Crippen LogP contribution is -2.50. The first-order valence-corrected chi connectivity index (χ1v) is 12.7. The Morgan fingerprint density at radius 3 is 2.55 bits per heavy atom. The Kier molecular flexibility index (Phi) is 10.7. The van der Waals surface area contributed by atoms with Crippen molar-refractivity contribution in [3.8, 4) is 0 Å². The fourth-order valence-electron chi connectivity index (χ4n) is 3.71. The van der Waals surface area contributed by atoms with Gasteiger partial charge in [-0.15, -0.1) is 11.3 Å². The van der Waals surface area contributed by atoms with Crippen molar-refractivity contribution in [2.45, 2.75) is 32.9 Å². The first kappa shape index (κ1) is 25.2. The highest BCUT2D eigenvalue weighted by Gasteiger charge is 2.23. The second-order valence-electron chi connectivity index (χ2n) is 8.28. The Morgan fingerprint density at radius 2 is 1.85 bits per heavy atom. The van der Waals surface area contributed by atoms with Crippen molar-refractivity contribution in [1.82, 2.24) is 20.0 Å². The summed E-state index contributed by atoms with van der Waals surface area (Å²) in [4.78, 5) is 33.3. The number of nitrogens with zero attached hydrogens (tertiary/aromatic N) is 3. The van der Waals surface area contributed by atoms with Gasteiger partial charge in [-0.05, 0) is 23.4 Å². The quantitative estimate of drug-likeness (QED) is 0.481. The van der Waals surface area contributed by atoms with Crippen molar-refractivity contribution in [3.05, 3.63) is 58.3 Å². The molecular formula is C25H36N4O3S. The number of ether oxygens (including phenoxy) is 1. The second kappa shape index (κ2) is 14.0. The highest BCUT2D eigenvalue weighted by molar-refractivity contribution is 7.09. The molecule has 0 aliphatic carbocycles. The van der Waals surface area contributed by atoms with Gasteiger partial charge < -0.3 is 19.9 Å². The van der Waals surface area contributed by atoms with Crippen molar-refractivity contribution in [2.75, 3.05) is 52.5 Å². The molecule has 1 aliphatic rings. The lowest BCUT2D eigenvalue weighted by molar-refractivity contribution is -0.133. The smallest absolute Gasteiger partial charge is 0.317 e. The predicted molar refractivity (Wildman–Crippen MR) is 132 cm³/mol. The van der Waals surface area contributed by atoms with Gasteiger partial charge in [0.1, 0.15) is 6.54 Å². The minimum atomic E-state index is -0.166. The Labute approximate surface area is 201 Å². The van der Waals surface area contributed by atoms with Crippen LogP contribution in [0.4, 0.5) is 4.79 Å². The van der Waals surface area contributed by atoms with E-state index in [0.717, 1.165) is 42.9 Å². The summed E-state index contributed by atoms with van der Waals surface area (Å²) in [6, 6.07) is 13.9. The first-order valence-electron chi connectivity index (χ1n) is 11.8. The summed E-state index contributed by atoms with van der Waals surface area (Å²) in [7, 11) is 0. The Hall–Kier alpha value is -2.42. The number of hydrogen-bond donors (Lipinski definition) is 1. The SMILES string of the molecule is CCCCNC(=O)N(CCN1CCOCC1)CC(=O)N(Cc1ccccc1)Cc1cccs1. The van der Waals surface area contributed by atoms with Crippen LogP contribution in [0, 0.1) is 0 Å². The van der Waals surface area contributed by atoms with E-state index in [9.17, 15) is 9.59 Å². The molecule has 3 amide bonds. The Morgan fingerprint density at radius 1 is 1.06 bits per heavy atom. The number of thiophene rings is 1. The zero-order chi connectivity index (χ0) is 23.3. The van der Waals surface area contributed by atoms with E-state index >= 15 is 0 Å². The molecule has 1 aromatic carbocycles. The van der Waals surface area contributed by atoms with Crippen LogP contribution < -0.4 is 5.32 Å². The molecule has 0 saturated carbocycles. The van der Waals surface area contributed by atoms with Gasteiger partial charge in [0.15, 0.2) is 0 Å². The number of carbonyl (C=O) groups is 2. The number of rotatable bonds is 12. The Bertz CT molecular complexity index is 825. The topological polar surface area (TPSA) is 65.1 Å². The van der Waals surface area contributed by atoms with Crippen molar-refractivity contribution in [2.24, 2.45) is 0 Å². The third-order valence-electron chi connectivity index (χ3n) is 5.71. The molecule has 0 bridgehead atoms. The van der Waals surface area contributed by atoms with Crippen molar-refractivity contribution < 1.29 is 14.3 Å². The molecule has 1 saturated heterocycles. The lowest BCUT2D eigenvalue weighted by Gasteiger charge is -2.31. The zero-order valence-electron chi connectivity index (χ0n) is 19.6. The summed E-state index contributed by atoms with van der Waals surface area (Å²) in [6.07, 6.45) is 1.94. The van der Waals surface area contributed by atoms with Crippen LogP contribution in [0.15, 0.2) is 47.8 Å². The third kappa shape index (κ3) is 8.79. The largest absolute Gasteiger partial charge is 0.379 e. The van der Waals surface area contributed by atoms with Gasteiger partial charge in [0, 0.05) is 44.1 Å².